The summed E-state index contributed by atoms with van der Waals surface area (Å²) in [6.07, 6.45) is 4.48. The van der Waals surface area contributed by atoms with Gasteiger partial charge >= 0.3 is 6.03 Å². The molecule has 1 aromatic rings. The van der Waals surface area contributed by atoms with Gasteiger partial charge in [-0.3, -0.25) is 0 Å². The van der Waals surface area contributed by atoms with Crippen molar-refractivity contribution in [3.05, 3.63) is 24.4 Å². The molecule has 0 aromatic carbocycles. The van der Waals surface area contributed by atoms with Crippen molar-refractivity contribution in [1.82, 2.24) is 15.2 Å². The first-order valence-electron chi connectivity index (χ1n) is 7.99. The molecule has 2 heterocycles. The van der Waals surface area contributed by atoms with Gasteiger partial charge in [-0.05, 0) is 37.3 Å². The summed E-state index contributed by atoms with van der Waals surface area (Å²) in [5, 5.41) is 13.0. The number of nitrogens with one attached hydrogen (secondary N) is 1. The minimum Gasteiger partial charge on any atom is -0.391 e. The molecule has 1 aliphatic heterocycles. The number of urea groups is 1. The van der Waals surface area contributed by atoms with Crippen LogP contribution < -0.4 is 10.2 Å². The van der Waals surface area contributed by atoms with Crippen LogP contribution in [-0.2, 0) is 0 Å². The van der Waals surface area contributed by atoms with Gasteiger partial charge < -0.3 is 20.2 Å². The third kappa shape index (κ3) is 3.68. The summed E-state index contributed by atoms with van der Waals surface area (Å²) >= 11 is 0. The fraction of sp³-hybridized carbons (Fsp3) is 0.625. The van der Waals surface area contributed by atoms with E-state index in [0.29, 0.717) is 12.5 Å². The Bertz CT molecular complexity index is 506. The van der Waals surface area contributed by atoms with Crippen LogP contribution in [0.3, 0.4) is 0 Å². The number of nitrogens with zero attached hydrogens (tertiary/aromatic N) is 3. The number of aromatic nitrogens is 1. The number of carbonyl (C=O) groups is 1. The summed E-state index contributed by atoms with van der Waals surface area (Å²) in [4.78, 5) is 20.3. The molecule has 2 fully saturated rings. The predicted octanol–water partition coefficient (Wildman–Crippen LogP) is 1.07. The lowest BCUT2D eigenvalue weighted by Gasteiger charge is -2.23. The molecule has 2 aliphatic rings. The largest absolute Gasteiger partial charge is 0.391 e. The SMILES string of the molecule is CN(CC(O)C1CC1)C(=O)NC1CCN(c2ccccn2)C1. The average Bonchev–Trinajstić information content (AvgIpc) is 3.28. The Hall–Kier alpha value is -1.82. The van der Waals surface area contributed by atoms with Crippen LogP contribution in [0, 0.1) is 5.92 Å². The van der Waals surface area contributed by atoms with E-state index in [4.69, 9.17) is 0 Å². The van der Waals surface area contributed by atoms with Gasteiger partial charge in [0, 0.05) is 38.9 Å². The van der Waals surface area contributed by atoms with Gasteiger partial charge in [0.25, 0.3) is 0 Å². The number of aliphatic hydroxyl groups is 1. The minimum atomic E-state index is -0.385. The molecule has 0 bridgehead atoms. The lowest BCUT2D eigenvalue weighted by Crippen LogP contribution is -2.46. The average molecular weight is 304 g/mol. The van der Waals surface area contributed by atoms with Crippen LogP contribution in [-0.4, -0.2) is 59.8 Å². The first-order valence-corrected chi connectivity index (χ1v) is 7.99. The van der Waals surface area contributed by atoms with E-state index in [1.54, 1.807) is 18.1 Å². The number of hydrogen-bond donors (Lipinski definition) is 2. The second-order valence-electron chi connectivity index (χ2n) is 6.35. The molecule has 3 rings (SSSR count). The highest BCUT2D eigenvalue weighted by Gasteiger charge is 2.32. The molecule has 1 saturated carbocycles. The van der Waals surface area contributed by atoms with Crippen LogP contribution in [0.1, 0.15) is 19.3 Å². The summed E-state index contributed by atoms with van der Waals surface area (Å²) in [7, 11) is 1.74. The molecule has 120 valence electrons. The van der Waals surface area contributed by atoms with Crippen molar-refractivity contribution < 1.29 is 9.90 Å². The van der Waals surface area contributed by atoms with Crippen LogP contribution in [0.15, 0.2) is 24.4 Å². The molecule has 2 amide bonds. The van der Waals surface area contributed by atoms with E-state index in [9.17, 15) is 9.90 Å². The Morgan fingerprint density at radius 2 is 2.32 bits per heavy atom. The fourth-order valence-corrected chi connectivity index (χ4v) is 2.91. The molecule has 1 aromatic heterocycles. The monoisotopic (exact) mass is 304 g/mol. The summed E-state index contributed by atoms with van der Waals surface area (Å²) in [6, 6.07) is 5.89. The quantitative estimate of drug-likeness (QED) is 0.854. The van der Waals surface area contributed by atoms with E-state index < -0.39 is 0 Å². The zero-order chi connectivity index (χ0) is 15.5. The van der Waals surface area contributed by atoms with Crippen molar-refractivity contribution in [2.45, 2.75) is 31.4 Å². The third-order valence-electron chi connectivity index (χ3n) is 4.46. The van der Waals surface area contributed by atoms with E-state index in [0.717, 1.165) is 38.2 Å². The maximum atomic E-state index is 12.2. The maximum Gasteiger partial charge on any atom is 0.317 e. The highest BCUT2D eigenvalue weighted by atomic mass is 16.3. The zero-order valence-electron chi connectivity index (χ0n) is 13.0. The van der Waals surface area contributed by atoms with Gasteiger partial charge in [-0.15, -0.1) is 0 Å². The minimum absolute atomic E-state index is 0.104. The lowest BCUT2D eigenvalue weighted by atomic mass is 10.2. The van der Waals surface area contributed by atoms with Crippen molar-refractivity contribution in [2.24, 2.45) is 5.92 Å². The van der Waals surface area contributed by atoms with Gasteiger partial charge in [-0.1, -0.05) is 6.07 Å². The predicted molar refractivity (Wildman–Crippen MR) is 84.7 cm³/mol. The molecule has 1 saturated heterocycles. The number of anilines is 1. The highest BCUT2D eigenvalue weighted by molar-refractivity contribution is 5.74. The second kappa shape index (κ2) is 6.52. The van der Waals surface area contributed by atoms with E-state index >= 15 is 0 Å². The molecule has 22 heavy (non-hydrogen) atoms. The van der Waals surface area contributed by atoms with Crippen LogP contribution in [0.4, 0.5) is 10.6 Å². The Kier molecular flexibility index (Phi) is 4.47. The van der Waals surface area contributed by atoms with E-state index in [-0.39, 0.29) is 18.2 Å². The molecule has 2 unspecified atom stereocenters. The fourth-order valence-electron chi connectivity index (χ4n) is 2.91. The first-order chi connectivity index (χ1) is 10.6. The Labute approximate surface area is 131 Å². The molecule has 1 aliphatic carbocycles. The number of amides is 2. The van der Waals surface area contributed by atoms with Gasteiger partial charge in [0.15, 0.2) is 0 Å². The number of likely N-dealkylation sites (N-methyl/N-ethyl adjacent to an activating group) is 1. The van der Waals surface area contributed by atoms with Crippen LogP contribution >= 0.6 is 0 Å². The smallest absolute Gasteiger partial charge is 0.317 e. The number of carbonyl (C=O) groups excluding carboxylic acids is 1. The first kappa shape index (κ1) is 15.1. The molecular weight excluding hydrogens is 280 g/mol. The number of hydrogen-bond acceptors (Lipinski definition) is 4. The molecule has 6 nitrogen and oxygen atoms in total. The van der Waals surface area contributed by atoms with Crippen molar-refractivity contribution in [2.75, 3.05) is 31.6 Å². The molecule has 2 atom stereocenters. The summed E-state index contributed by atoms with van der Waals surface area (Å²) in [6.45, 7) is 2.09. The van der Waals surface area contributed by atoms with Gasteiger partial charge in [0.1, 0.15) is 5.82 Å². The lowest BCUT2D eigenvalue weighted by molar-refractivity contribution is 0.113. The van der Waals surface area contributed by atoms with E-state index in [1.807, 2.05) is 18.2 Å². The maximum absolute atomic E-state index is 12.2. The topological polar surface area (TPSA) is 68.7 Å². The Balaban J connectivity index is 1.46. The number of aliphatic hydroxyl groups excluding tert-OH is 1. The Morgan fingerprint density at radius 3 is 3.00 bits per heavy atom. The van der Waals surface area contributed by atoms with Gasteiger partial charge in [0.2, 0.25) is 0 Å². The third-order valence-corrected chi connectivity index (χ3v) is 4.46. The zero-order valence-corrected chi connectivity index (χ0v) is 13.0. The summed E-state index contributed by atoms with van der Waals surface area (Å²) in [5.74, 6) is 1.35. The van der Waals surface area contributed by atoms with Crippen molar-refractivity contribution >= 4 is 11.8 Å². The standard InChI is InChI=1S/C16H24N4O2/c1-19(11-14(21)12-5-6-12)16(22)18-13-7-9-20(10-13)15-4-2-3-8-17-15/h2-4,8,12-14,21H,5-7,9-11H2,1H3,(H,18,22). The summed E-state index contributed by atoms with van der Waals surface area (Å²) < 4.78 is 0. The second-order valence-corrected chi connectivity index (χ2v) is 6.35. The molecule has 6 heteroatoms. The van der Waals surface area contributed by atoms with E-state index in [2.05, 4.69) is 15.2 Å². The van der Waals surface area contributed by atoms with Crippen molar-refractivity contribution in [3.8, 4) is 0 Å². The highest BCUT2D eigenvalue weighted by Crippen LogP contribution is 2.32. The van der Waals surface area contributed by atoms with Crippen molar-refractivity contribution in [1.29, 1.82) is 0 Å². The van der Waals surface area contributed by atoms with Gasteiger partial charge in [-0.2, -0.15) is 0 Å². The Morgan fingerprint density at radius 1 is 1.50 bits per heavy atom. The molecule has 0 spiro atoms. The number of rotatable bonds is 5. The van der Waals surface area contributed by atoms with Gasteiger partial charge in [0.05, 0.1) is 6.10 Å². The van der Waals surface area contributed by atoms with E-state index in [1.165, 1.54) is 0 Å². The normalized spacial score (nSPS) is 22.5. The van der Waals surface area contributed by atoms with Crippen LogP contribution in [0.2, 0.25) is 0 Å². The molecular formula is C16H24N4O2. The van der Waals surface area contributed by atoms with Crippen molar-refractivity contribution in [3.63, 3.8) is 0 Å². The van der Waals surface area contributed by atoms with Crippen LogP contribution in [0.25, 0.3) is 0 Å². The molecule has 0 radical (unpaired) electrons. The van der Waals surface area contributed by atoms with Gasteiger partial charge in [-0.25, -0.2) is 9.78 Å². The number of pyridine rings is 1. The summed E-state index contributed by atoms with van der Waals surface area (Å²) in [5.41, 5.74) is 0. The molecule has 2 N–H and O–H groups in total. The van der Waals surface area contributed by atoms with Crippen LogP contribution in [0.5, 0.6) is 0 Å².